The molecule has 188 valence electrons. The van der Waals surface area contributed by atoms with E-state index in [1.807, 2.05) is 48.2 Å². The third-order valence-corrected chi connectivity index (χ3v) is 6.85. The SMILES string of the molecule is CCNC(=O)N1C=CC=CC1C1(CN(C)c2nc(N)c3cc(OC)c(OC)cc3n2)CCNCC1. The molecule has 35 heavy (non-hydrogen) atoms. The molecule has 4 rings (SSSR count). The highest BCUT2D eigenvalue weighted by Gasteiger charge is 2.44. The zero-order valence-corrected chi connectivity index (χ0v) is 20.9. The van der Waals surface area contributed by atoms with E-state index in [4.69, 9.17) is 20.2 Å². The molecule has 2 amide bonds. The van der Waals surface area contributed by atoms with Crippen LogP contribution in [0.15, 0.2) is 36.6 Å². The van der Waals surface area contributed by atoms with Gasteiger partial charge in [0, 0.05) is 43.2 Å². The van der Waals surface area contributed by atoms with Gasteiger partial charge >= 0.3 is 6.03 Å². The Balaban J connectivity index is 1.68. The molecule has 10 heteroatoms. The van der Waals surface area contributed by atoms with Crippen molar-refractivity contribution in [2.45, 2.75) is 25.8 Å². The smallest absolute Gasteiger partial charge is 0.321 e. The molecule has 10 nitrogen and oxygen atoms in total. The molecule has 0 radical (unpaired) electrons. The van der Waals surface area contributed by atoms with Crippen LogP contribution < -0.4 is 30.7 Å². The predicted molar refractivity (Wildman–Crippen MR) is 138 cm³/mol. The van der Waals surface area contributed by atoms with Gasteiger partial charge < -0.3 is 30.7 Å². The maximum atomic E-state index is 12.9. The van der Waals surface area contributed by atoms with E-state index >= 15 is 0 Å². The van der Waals surface area contributed by atoms with Crippen molar-refractivity contribution in [3.63, 3.8) is 0 Å². The van der Waals surface area contributed by atoms with Crippen LogP contribution in [-0.2, 0) is 0 Å². The van der Waals surface area contributed by atoms with Crippen LogP contribution in [0, 0.1) is 5.41 Å². The average molecular weight is 482 g/mol. The summed E-state index contributed by atoms with van der Waals surface area (Å²) >= 11 is 0. The first-order valence-electron chi connectivity index (χ1n) is 11.9. The Morgan fingerprint density at radius 1 is 1.23 bits per heavy atom. The number of amides is 2. The minimum Gasteiger partial charge on any atom is -0.493 e. The number of aromatic nitrogens is 2. The second kappa shape index (κ2) is 10.4. The van der Waals surface area contributed by atoms with Crippen molar-refractivity contribution in [1.29, 1.82) is 0 Å². The number of nitrogens with two attached hydrogens (primary N) is 1. The van der Waals surface area contributed by atoms with Gasteiger partial charge in [0.1, 0.15) is 5.82 Å². The number of urea groups is 1. The zero-order valence-electron chi connectivity index (χ0n) is 20.9. The van der Waals surface area contributed by atoms with Gasteiger partial charge in [0.05, 0.1) is 25.8 Å². The summed E-state index contributed by atoms with van der Waals surface area (Å²) in [7, 11) is 5.15. The number of anilines is 2. The number of nitrogens with one attached hydrogen (secondary N) is 2. The first kappa shape index (κ1) is 24.6. The number of benzene rings is 1. The van der Waals surface area contributed by atoms with Crippen LogP contribution in [0.25, 0.3) is 10.9 Å². The molecule has 0 spiro atoms. The summed E-state index contributed by atoms with van der Waals surface area (Å²) in [6.45, 7) is 4.92. The minimum absolute atomic E-state index is 0.0918. The lowest BCUT2D eigenvalue weighted by atomic mass is 9.71. The highest BCUT2D eigenvalue weighted by molar-refractivity contribution is 5.91. The Morgan fingerprint density at radius 2 is 1.94 bits per heavy atom. The van der Waals surface area contributed by atoms with Gasteiger partial charge in [-0.25, -0.2) is 9.78 Å². The zero-order chi connectivity index (χ0) is 25.0. The summed E-state index contributed by atoms with van der Waals surface area (Å²) in [6.07, 6.45) is 9.73. The van der Waals surface area contributed by atoms with Crippen LogP contribution in [0.3, 0.4) is 0 Å². The van der Waals surface area contributed by atoms with Crippen LogP contribution in [0.5, 0.6) is 11.5 Å². The number of hydrogen-bond acceptors (Lipinski definition) is 8. The van der Waals surface area contributed by atoms with Crippen molar-refractivity contribution in [3.8, 4) is 11.5 Å². The maximum Gasteiger partial charge on any atom is 0.321 e. The lowest BCUT2D eigenvalue weighted by Gasteiger charge is -2.48. The molecule has 1 fully saturated rings. The summed E-state index contributed by atoms with van der Waals surface area (Å²) in [5.41, 5.74) is 6.83. The number of carbonyl (C=O) groups excluding carboxylic acids is 1. The predicted octanol–water partition coefficient (Wildman–Crippen LogP) is 2.52. The van der Waals surface area contributed by atoms with Gasteiger partial charge in [-0.05, 0) is 45.0 Å². The molecular weight excluding hydrogens is 446 g/mol. The van der Waals surface area contributed by atoms with E-state index in [9.17, 15) is 4.79 Å². The largest absolute Gasteiger partial charge is 0.493 e. The topological polar surface area (TPSA) is 118 Å². The molecule has 0 bridgehead atoms. The van der Waals surface area contributed by atoms with E-state index < -0.39 is 0 Å². The van der Waals surface area contributed by atoms with Crippen molar-refractivity contribution in [1.82, 2.24) is 25.5 Å². The number of piperidine rings is 1. The number of nitrogens with zero attached hydrogens (tertiary/aromatic N) is 4. The molecular formula is C25H35N7O3. The van der Waals surface area contributed by atoms with Gasteiger partial charge in [-0.1, -0.05) is 12.2 Å². The van der Waals surface area contributed by atoms with E-state index in [0.717, 1.165) is 25.9 Å². The normalized spacial score (nSPS) is 19.0. The number of rotatable bonds is 7. The van der Waals surface area contributed by atoms with Crippen molar-refractivity contribution in [3.05, 3.63) is 36.6 Å². The Bertz CT molecular complexity index is 1130. The van der Waals surface area contributed by atoms with Gasteiger partial charge in [-0.3, -0.25) is 4.90 Å². The van der Waals surface area contributed by atoms with Crippen molar-refractivity contribution in [2.75, 3.05) is 58.1 Å². The lowest BCUT2D eigenvalue weighted by molar-refractivity contribution is 0.108. The van der Waals surface area contributed by atoms with Gasteiger partial charge in [0.25, 0.3) is 0 Å². The Morgan fingerprint density at radius 3 is 2.63 bits per heavy atom. The van der Waals surface area contributed by atoms with Crippen LogP contribution in [0.1, 0.15) is 19.8 Å². The summed E-state index contributed by atoms with van der Waals surface area (Å²) in [5.74, 6) is 2.06. The summed E-state index contributed by atoms with van der Waals surface area (Å²) < 4.78 is 10.9. The number of fused-ring (bicyclic) bond motifs is 1. The fraction of sp³-hybridized carbons (Fsp3) is 0.480. The van der Waals surface area contributed by atoms with Crippen LogP contribution in [0.2, 0.25) is 0 Å². The molecule has 1 atom stereocenters. The fourth-order valence-corrected chi connectivity index (χ4v) is 5.09. The molecule has 1 aromatic heterocycles. The van der Waals surface area contributed by atoms with Gasteiger partial charge in [-0.2, -0.15) is 4.98 Å². The number of methoxy groups -OCH3 is 2. The quantitative estimate of drug-likeness (QED) is 0.552. The molecule has 2 aromatic rings. The first-order chi connectivity index (χ1) is 16.9. The molecule has 2 aliphatic heterocycles. The van der Waals surface area contributed by atoms with Gasteiger partial charge in [-0.15, -0.1) is 0 Å². The van der Waals surface area contributed by atoms with E-state index in [1.54, 1.807) is 20.3 Å². The van der Waals surface area contributed by atoms with Crippen LogP contribution in [0.4, 0.5) is 16.6 Å². The van der Waals surface area contributed by atoms with Crippen LogP contribution in [-0.4, -0.2) is 74.4 Å². The summed E-state index contributed by atoms with van der Waals surface area (Å²) in [4.78, 5) is 26.2. The number of ether oxygens (including phenoxy) is 2. The van der Waals surface area contributed by atoms with E-state index in [2.05, 4.69) is 21.7 Å². The molecule has 1 aromatic carbocycles. The highest BCUT2D eigenvalue weighted by Crippen LogP contribution is 2.40. The summed E-state index contributed by atoms with van der Waals surface area (Å²) in [5, 5.41) is 7.11. The second-order valence-electron chi connectivity index (χ2n) is 9.02. The number of hydrogen-bond donors (Lipinski definition) is 3. The standard InChI is InChI=1S/C25H35N7O3/c1-5-28-24(33)32-13-7-6-8-21(32)25(9-11-27-12-10-25)16-31(2)23-29-18-15-20(35-4)19(34-3)14-17(18)22(26)30-23/h6-8,13-15,21,27H,5,9-12,16H2,1-4H3,(H,28,33)(H2,26,29,30). The second-order valence-corrected chi connectivity index (χ2v) is 9.02. The van der Waals surface area contributed by atoms with Crippen molar-refractivity contribution in [2.24, 2.45) is 5.41 Å². The maximum absolute atomic E-state index is 12.9. The molecule has 0 saturated carbocycles. The third kappa shape index (κ3) is 4.84. The Hall–Kier alpha value is -3.53. The minimum atomic E-state index is -0.197. The Labute approximate surface area is 206 Å². The summed E-state index contributed by atoms with van der Waals surface area (Å²) in [6, 6.07) is 3.43. The molecule has 1 saturated heterocycles. The monoisotopic (exact) mass is 481 g/mol. The average Bonchev–Trinajstić information content (AvgIpc) is 2.88. The number of nitrogen functional groups attached to an aromatic ring is 1. The lowest BCUT2D eigenvalue weighted by Crippen LogP contribution is -2.58. The van der Waals surface area contributed by atoms with E-state index in [-0.39, 0.29) is 17.5 Å². The Kier molecular flexibility index (Phi) is 7.30. The highest BCUT2D eigenvalue weighted by atomic mass is 16.5. The van der Waals surface area contributed by atoms with Crippen LogP contribution >= 0.6 is 0 Å². The van der Waals surface area contributed by atoms with Crippen molar-refractivity contribution < 1.29 is 14.3 Å². The molecule has 4 N–H and O–H groups in total. The number of carbonyl (C=O) groups is 1. The van der Waals surface area contributed by atoms with E-state index in [0.29, 0.717) is 47.3 Å². The van der Waals surface area contributed by atoms with E-state index in [1.165, 1.54) is 0 Å². The van der Waals surface area contributed by atoms with Gasteiger partial charge in [0.15, 0.2) is 11.5 Å². The fourth-order valence-electron chi connectivity index (χ4n) is 5.09. The van der Waals surface area contributed by atoms with Crippen molar-refractivity contribution >= 4 is 28.7 Å². The molecule has 3 heterocycles. The third-order valence-electron chi connectivity index (χ3n) is 6.85. The first-order valence-corrected chi connectivity index (χ1v) is 11.9. The molecule has 0 aliphatic carbocycles. The number of allylic oxidation sites excluding steroid dienone is 2. The molecule has 1 unspecified atom stereocenters. The van der Waals surface area contributed by atoms with Gasteiger partial charge in [0.2, 0.25) is 5.95 Å². The molecule has 2 aliphatic rings.